The SMILES string of the molecule is N#CC1C=CC(c2cccc3c(C4CC4)c(N4CCNCC4)cnc23)=CC1. The molecule has 1 atom stereocenters. The number of nitrogens with zero attached hydrogens (tertiary/aromatic N) is 3. The largest absolute Gasteiger partial charge is 0.367 e. The number of nitriles is 1. The van der Waals surface area contributed by atoms with Gasteiger partial charge in [-0.3, -0.25) is 4.98 Å². The Balaban J connectivity index is 1.62. The molecule has 2 heterocycles. The van der Waals surface area contributed by atoms with Crippen molar-refractivity contribution in [2.75, 3.05) is 31.1 Å². The summed E-state index contributed by atoms with van der Waals surface area (Å²) in [6.45, 7) is 4.19. The first-order valence-electron chi connectivity index (χ1n) is 10.0. The summed E-state index contributed by atoms with van der Waals surface area (Å²) < 4.78 is 0. The van der Waals surface area contributed by atoms with E-state index in [2.05, 4.69) is 52.8 Å². The fraction of sp³-hybridized carbons (Fsp3) is 0.391. The molecule has 1 N–H and O–H groups in total. The Labute approximate surface area is 160 Å². The van der Waals surface area contributed by atoms with Gasteiger partial charge in [-0.15, -0.1) is 0 Å². The summed E-state index contributed by atoms with van der Waals surface area (Å²) >= 11 is 0. The fourth-order valence-corrected chi connectivity index (χ4v) is 4.34. The smallest absolute Gasteiger partial charge is 0.0784 e. The molecule has 136 valence electrons. The summed E-state index contributed by atoms with van der Waals surface area (Å²) in [7, 11) is 0. The first-order valence-corrected chi connectivity index (χ1v) is 10.0. The van der Waals surface area contributed by atoms with Crippen LogP contribution in [0.25, 0.3) is 16.5 Å². The molecule has 1 aromatic carbocycles. The number of nitrogens with one attached hydrogen (secondary N) is 1. The Bertz CT molecular complexity index is 972. The van der Waals surface area contributed by atoms with E-state index in [1.807, 2.05) is 6.08 Å². The maximum Gasteiger partial charge on any atom is 0.0784 e. The van der Waals surface area contributed by atoms with Crippen LogP contribution in [0.3, 0.4) is 0 Å². The van der Waals surface area contributed by atoms with Crippen LogP contribution in [0, 0.1) is 17.2 Å². The number of allylic oxidation sites excluding steroid dienone is 4. The second-order valence-electron chi connectivity index (χ2n) is 7.76. The van der Waals surface area contributed by atoms with Crippen molar-refractivity contribution in [3.05, 3.63) is 53.8 Å². The van der Waals surface area contributed by atoms with E-state index in [0.717, 1.165) is 38.1 Å². The van der Waals surface area contributed by atoms with Crippen LogP contribution in [0.5, 0.6) is 0 Å². The van der Waals surface area contributed by atoms with E-state index in [1.165, 1.54) is 40.6 Å². The minimum absolute atomic E-state index is 0.00183. The molecule has 0 amide bonds. The molecule has 2 aromatic rings. The molecular formula is C23H24N4. The van der Waals surface area contributed by atoms with Gasteiger partial charge in [0.15, 0.2) is 0 Å². The average Bonchev–Trinajstić information content (AvgIpc) is 3.58. The lowest BCUT2D eigenvalue weighted by atomic mass is 9.91. The molecule has 3 aliphatic rings. The minimum atomic E-state index is -0.00183. The Kier molecular flexibility index (Phi) is 4.18. The lowest BCUT2D eigenvalue weighted by Crippen LogP contribution is -2.44. The van der Waals surface area contributed by atoms with E-state index >= 15 is 0 Å². The molecule has 2 fully saturated rings. The molecule has 1 unspecified atom stereocenters. The molecule has 27 heavy (non-hydrogen) atoms. The first kappa shape index (κ1) is 16.5. The second-order valence-corrected chi connectivity index (χ2v) is 7.76. The highest BCUT2D eigenvalue weighted by Gasteiger charge is 2.31. The van der Waals surface area contributed by atoms with Crippen LogP contribution in [0.1, 0.15) is 36.3 Å². The zero-order valence-corrected chi connectivity index (χ0v) is 15.5. The molecule has 0 radical (unpaired) electrons. The van der Waals surface area contributed by atoms with Crippen molar-refractivity contribution >= 4 is 22.2 Å². The number of para-hydroxylation sites is 1. The zero-order valence-electron chi connectivity index (χ0n) is 15.5. The van der Waals surface area contributed by atoms with Crippen molar-refractivity contribution in [1.29, 1.82) is 5.26 Å². The van der Waals surface area contributed by atoms with Gasteiger partial charge < -0.3 is 10.2 Å². The molecule has 0 spiro atoms. The van der Waals surface area contributed by atoms with E-state index in [4.69, 9.17) is 10.2 Å². The average molecular weight is 356 g/mol. The summed E-state index contributed by atoms with van der Waals surface area (Å²) in [6.07, 6.45) is 11.8. The molecule has 4 nitrogen and oxygen atoms in total. The fourth-order valence-electron chi connectivity index (χ4n) is 4.34. The van der Waals surface area contributed by atoms with Crippen LogP contribution in [-0.2, 0) is 0 Å². The van der Waals surface area contributed by atoms with Gasteiger partial charge >= 0.3 is 0 Å². The number of piperazine rings is 1. The first-order chi connectivity index (χ1) is 13.3. The second kappa shape index (κ2) is 6.83. The zero-order chi connectivity index (χ0) is 18.2. The van der Waals surface area contributed by atoms with Crippen molar-refractivity contribution < 1.29 is 0 Å². The van der Waals surface area contributed by atoms with Gasteiger partial charge in [-0.05, 0) is 36.3 Å². The lowest BCUT2D eigenvalue weighted by molar-refractivity contribution is 0.587. The Morgan fingerprint density at radius 1 is 1.19 bits per heavy atom. The number of hydrogen-bond acceptors (Lipinski definition) is 4. The van der Waals surface area contributed by atoms with Crippen LogP contribution in [0.2, 0.25) is 0 Å². The van der Waals surface area contributed by atoms with Crippen molar-refractivity contribution in [3.8, 4) is 6.07 Å². The van der Waals surface area contributed by atoms with Gasteiger partial charge in [-0.2, -0.15) is 5.26 Å². The van der Waals surface area contributed by atoms with Crippen LogP contribution in [0.4, 0.5) is 5.69 Å². The number of hydrogen-bond donors (Lipinski definition) is 1. The Morgan fingerprint density at radius 2 is 2.04 bits per heavy atom. The van der Waals surface area contributed by atoms with Gasteiger partial charge in [-0.1, -0.05) is 36.4 Å². The molecule has 1 aliphatic heterocycles. The summed E-state index contributed by atoms with van der Waals surface area (Å²) in [5, 5.41) is 13.9. The minimum Gasteiger partial charge on any atom is -0.367 e. The van der Waals surface area contributed by atoms with Crippen molar-refractivity contribution in [2.24, 2.45) is 5.92 Å². The van der Waals surface area contributed by atoms with Crippen LogP contribution in [0.15, 0.2) is 42.6 Å². The van der Waals surface area contributed by atoms with E-state index in [1.54, 1.807) is 0 Å². The van der Waals surface area contributed by atoms with Gasteiger partial charge in [0.2, 0.25) is 0 Å². The van der Waals surface area contributed by atoms with Gasteiger partial charge in [0.25, 0.3) is 0 Å². The predicted octanol–water partition coefficient (Wildman–Crippen LogP) is 4.00. The number of benzene rings is 1. The molecule has 5 rings (SSSR count). The summed E-state index contributed by atoms with van der Waals surface area (Å²) in [5.41, 5.74) is 6.31. The lowest BCUT2D eigenvalue weighted by Gasteiger charge is -2.31. The normalized spacial score (nSPS) is 22.6. The number of anilines is 1. The predicted molar refractivity (Wildman–Crippen MR) is 110 cm³/mol. The third-order valence-electron chi connectivity index (χ3n) is 5.94. The highest BCUT2D eigenvalue weighted by atomic mass is 15.2. The van der Waals surface area contributed by atoms with E-state index in [-0.39, 0.29) is 5.92 Å². The molecule has 1 saturated carbocycles. The van der Waals surface area contributed by atoms with E-state index in [9.17, 15) is 0 Å². The van der Waals surface area contributed by atoms with E-state index in [0.29, 0.717) is 5.92 Å². The standard InChI is InChI=1S/C23H24N4/c24-14-16-4-6-17(7-5-16)19-2-1-3-20-22(18-8-9-18)21(15-26-23(19)20)27-12-10-25-11-13-27/h1-4,6-7,15-16,18,25H,5,8-13H2. The Morgan fingerprint density at radius 3 is 2.74 bits per heavy atom. The van der Waals surface area contributed by atoms with Gasteiger partial charge in [0, 0.05) is 37.1 Å². The number of pyridine rings is 1. The van der Waals surface area contributed by atoms with Crippen molar-refractivity contribution in [1.82, 2.24) is 10.3 Å². The summed E-state index contributed by atoms with van der Waals surface area (Å²) in [4.78, 5) is 7.44. The van der Waals surface area contributed by atoms with Crippen LogP contribution >= 0.6 is 0 Å². The third kappa shape index (κ3) is 3.02. The summed E-state index contributed by atoms with van der Waals surface area (Å²) in [6, 6.07) is 8.91. The maximum atomic E-state index is 9.13. The quantitative estimate of drug-likeness (QED) is 0.903. The summed E-state index contributed by atoms with van der Waals surface area (Å²) in [5.74, 6) is 0.674. The number of rotatable bonds is 3. The van der Waals surface area contributed by atoms with E-state index < -0.39 is 0 Å². The Hall–Kier alpha value is -2.64. The van der Waals surface area contributed by atoms with Crippen LogP contribution < -0.4 is 10.2 Å². The highest BCUT2D eigenvalue weighted by molar-refractivity contribution is 5.97. The number of fused-ring (bicyclic) bond motifs is 1. The van der Waals surface area contributed by atoms with Gasteiger partial charge in [0.05, 0.1) is 29.4 Å². The van der Waals surface area contributed by atoms with Gasteiger partial charge in [0.1, 0.15) is 0 Å². The van der Waals surface area contributed by atoms with Gasteiger partial charge in [-0.25, -0.2) is 0 Å². The van der Waals surface area contributed by atoms with Crippen molar-refractivity contribution in [3.63, 3.8) is 0 Å². The number of aromatic nitrogens is 1. The molecule has 1 saturated heterocycles. The molecule has 0 bridgehead atoms. The third-order valence-corrected chi connectivity index (χ3v) is 5.94. The monoisotopic (exact) mass is 356 g/mol. The topological polar surface area (TPSA) is 52.0 Å². The molecule has 1 aromatic heterocycles. The van der Waals surface area contributed by atoms with Crippen molar-refractivity contribution in [2.45, 2.75) is 25.2 Å². The molecule has 2 aliphatic carbocycles. The molecule has 4 heteroatoms. The maximum absolute atomic E-state index is 9.13. The van der Waals surface area contributed by atoms with Crippen LogP contribution in [-0.4, -0.2) is 31.2 Å². The highest BCUT2D eigenvalue weighted by Crippen LogP contribution is 2.48. The molecular weight excluding hydrogens is 332 g/mol.